The van der Waals surface area contributed by atoms with Gasteiger partial charge in [0.1, 0.15) is 11.4 Å². The SMILES string of the molecule is CCOc1ccc(-n2c(O)c(C=C3C=Nc4ccc(Br)cc43)[nH]c2=S)cc1. The van der Waals surface area contributed by atoms with Gasteiger partial charge in [0.2, 0.25) is 5.88 Å². The summed E-state index contributed by atoms with van der Waals surface area (Å²) in [4.78, 5) is 7.48. The van der Waals surface area contributed by atoms with Crippen LogP contribution < -0.4 is 4.74 Å². The second-order valence-corrected chi connectivity index (χ2v) is 7.25. The van der Waals surface area contributed by atoms with Gasteiger partial charge in [0, 0.05) is 21.8 Å². The molecular formula is C20H16BrN3O2S. The van der Waals surface area contributed by atoms with Crippen LogP contribution in [0.15, 0.2) is 51.9 Å². The molecular weight excluding hydrogens is 426 g/mol. The summed E-state index contributed by atoms with van der Waals surface area (Å²) >= 11 is 8.90. The number of aromatic nitrogens is 2. The smallest absolute Gasteiger partial charge is 0.222 e. The van der Waals surface area contributed by atoms with Crippen molar-refractivity contribution in [2.45, 2.75) is 6.92 Å². The zero-order valence-corrected chi connectivity index (χ0v) is 16.8. The first-order chi connectivity index (χ1) is 13.1. The Morgan fingerprint density at radius 2 is 2.04 bits per heavy atom. The number of imidazole rings is 1. The molecule has 1 aliphatic heterocycles. The average molecular weight is 442 g/mol. The predicted octanol–water partition coefficient (Wildman–Crippen LogP) is 5.66. The van der Waals surface area contributed by atoms with E-state index in [-0.39, 0.29) is 5.88 Å². The Morgan fingerprint density at radius 3 is 2.78 bits per heavy atom. The van der Waals surface area contributed by atoms with Gasteiger partial charge in [0.05, 0.1) is 18.0 Å². The third-order valence-electron chi connectivity index (χ3n) is 4.22. The maximum absolute atomic E-state index is 10.7. The van der Waals surface area contributed by atoms with Crippen molar-refractivity contribution in [2.24, 2.45) is 4.99 Å². The van der Waals surface area contributed by atoms with Crippen LogP contribution in [0.2, 0.25) is 0 Å². The van der Waals surface area contributed by atoms with E-state index < -0.39 is 0 Å². The van der Waals surface area contributed by atoms with Crippen molar-refractivity contribution in [1.82, 2.24) is 9.55 Å². The predicted molar refractivity (Wildman–Crippen MR) is 114 cm³/mol. The maximum atomic E-state index is 10.7. The number of rotatable bonds is 4. The summed E-state index contributed by atoms with van der Waals surface area (Å²) < 4.78 is 8.43. The molecule has 0 fully saturated rings. The summed E-state index contributed by atoms with van der Waals surface area (Å²) in [7, 11) is 0. The summed E-state index contributed by atoms with van der Waals surface area (Å²) in [5.41, 5.74) is 4.08. The van der Waals surface area contributed by atoms with Gasteiger partial charge in [0.25, 0.3) is 0 Å². The summed E-state index contributed by atoms with van der Waals surface area (Å²) in [5.74, 6) is 0.822. The standard InChI is InChI=1S/C20H16BrN3O2S/c1-2-26-15-6-4-14(5-7-15)24-19(25)18(23-20(24)27)9-12-11-22-17-8-3-13(21)10-16(12)17/h3-11,25H,2H2,1H3,(H,23,27). The lowest BCUT2D eigenvalue weighted by atomic mass is 10.1. The number of ether oxygens (including phenoxy) is 1. The minimum atomic E-state index is 0.0495. The largest absolute Gasteiger partial charge is 0.494 e. The zero-order valence-electron chi connectivity index (χ0n) is 14.4. The van der Waals surface area contributed by atoms with Crippen LogP contribution in [0.3, 0.4) is 0 Å². The molecule has 0 unspecified atom stereocenters. The van der Waals surface area contributed by atoms with Crippen molar-refractivity contribution >= 4 is 51.7 Å². The molecule has 5 nitrogen and oxygen atoms in total. The molecule has 0 spiro atoms. The van der Waals surface area contributed by atoms with Gasteiger partial charge < -0.3 is 14.8 Å². The normalized spacial score (nSPS) is 13.9. The summed E-state index contributed by atoms with van der Waals surface area (Å²) in [6.45, 7) is 2.54. The highest BCUT2D eigenvalue weighted by molar-refractivity contribution is 9.10. The number of benzene rings is 2. The van der Waals surface area contributed by atoms with E-state index in [4.69, 9.17) is 17.0 Å². The molecule has 0 amide bonds. The monoisotopic (exact) mass is 441 g/mol. The molecule has 3 aromatic rings. The first-order valence-electron chi connectivity index (χ1n) is 8.39. The zero-order chi connectivity index (χ0) is 19.0. The molecule has 27 heavy (non-hydrogen) atoms. The van der Waals surface area contributed by atoms with Gasteiger partial charge in [-0.1, -0.05) is 15.9 Å². The van der Waals surface area contributed by atoms with E-state index in [1.165, 1.54) is 0 Å². The second kappa shape index (κ2) is 7.17. The van der Waals surface area contributed by atoms with Crippen molar-refractivity contribution in [1.29, 1.82) is 0 Å². The van der Waals surface area contributed by atoms with Crippen LogP contribution in [0.4, 0.5) is 5.69 Å². The van der Waals surface area contributed by atoms with Gasteiger partial charge in [-0.05, 0) is 67.7 Å². The van der Waals surface area contributed by atoms with E-state index in [0.717, 1.165) is 32.7 Å². The number of aliphatic imine (C=N–C) groups is 1. The van der Waals surface area contributed by atoms with Gasteiger partial charge >= 0.3 is 0 Å². The number of aromatic hydroxyl groups is 1. The van der Waals surface area contributed by atoms with Gasteiger partial charge in [-0.3, -0.25) is 9.56 Å². The highest BCUT2D eigenvalue weighted by Crippen LogP contribution is 2.36. The second-order valence-electron chi connectivity index (χ2n) is 5.95. The minimum Gasteiger partial charge on any atom is -0.494 e. The molecule has 0 bridgehead atoms. The molecule has 0 aliphatic carbocycles. The fourth-order valence-corrected chi connectivity index (χ4v) is 3.64. The lowest BCUT2D eigenvalue weighted by molar-refractivity contribution is 0.340. The third kappa shape index (κ3) is 3.36. The number of fused-ring (bicyclic) bond motifs is 1. The maximum Gasteiger partial charge on any atom is 0.222 e. The fourth-order valence-electron chi connectivity index (χ4n) is 2.97. The Balaban J connectivity index is 1.74. The Bertz CT molecular complexity index is 1130. The number of H-pyrrole nitrogens is 1. The number of nitrogens with zero attached hydrogens (tertiary/aromatic N) is 2. The molecule has 0 saturated heterocycles. The lowest BCUT2D eigenvalue weighted by Crippen LogP contribution is -1.95. The lowest BCUT2D eigenvalue weighted by Gasteiger charge is -2.07. The van der Waals surface area contributed by atoms with Crippen molar-refractivity contribution in [3.05, 3.63) is 63.0 Å². The van der Waals surface area contributed by atoms with Crippen LogP contribution in [-0.4, -0.2) is 27.5 Å². The molecule has 136 valence electrons. The van der Waals surface area contributed by atoms with Crippen molar-refractivity contribution in [3.63, 3.8) is 0 Å². The van der Waals surface area contributed by atoms with E-state index in [2.05, 4.69) is 25.9 Å². The van der Waals surface area contributed by atoms with E-state index in [1.54, 1.807) is 10.8 Å². The summed E-state index contributed by atoms with van der Waals surface area (Å²) in [5, 5.41) is 10.7. The fraction of sp³-hybridized carbons (Fsp3) is 0.100. The number of hydrogen-bond donors (Lipinski definition) is 2. The topological polar surface area (TPSA) is 62.5 Å². The first-order valence-corrected chi connectivity index (χ1v) is 9.60. The third-order valence-corrected chi connectivity index (χ3v) is 4.99. The average Bonchev–Trinajstić information content (AvgIpc) is 3.17. The first kappa shape index (κ1) is 17.8. The minimum absolute atomic E-state index is 0.0495. The van der Waals surface area contributed by atoms with E-state index in [0.29, 0.717) is 17.1 Å². The van der Waals surface area contributed by atoms with Crippen molar-refractivity contribution in [3.8, 4) is 17.3 Å². The van der Waals surface area contributed by atoms with E-state index in [1.807, 2.05) is 55.5 Å². The molecule has 0 radical (unpaired) electrons. The van der Waals surface area contributed by atoms with Gasteiger partial charge in [-0.2, -0.15) is 0 Å². The van der Waals surface area contributed by atoms with Gasteiger partial charge in [-0.25, -0.2) is 0 Å². The molecule has 2 N–H and O–H groups in total. The summed E-state index contributed by atoms with van der Waals surface area (Å²) in [6, 6.07) is 13.3. The molecule has 7 heteroatoms. The Kier molecular flexibility index (Phi) is 4.72. The van der Waals surface area contributed by atoms with E-state index >= 15 is 0 Å². The Hall–Kier alpha value is -2.64. The van der Waals surface area contributed by atoms with Crippen molar-refractivity contribution < 1.29 is 9.84 Å². The molecule has 0 atom stereocenters. The van der Waals surface area contributed by atoms with E-state index in [9.17, 15) is 5.11 Å². The Labute approximate surface area is 169 Å². The molecule has 2 heterocycles. The molecule has 1 aliphatic rings. The number of allylic oxidation sites excluding steroid dienone is 1. The van der Waals surface area contributed by atoms with Crippen LogP contribution in [0.25, 0.3) is 17.3 Å². The van der Waals surface area contributed by atoms with Crippen LogP contribution in [-0.2, 0) is 0 Å². The van der Waals surface area contributed by atoms with Crippen LogP contribution in [0.1, 0.15) is 18.2 Å². The van der Waals surface area contributed by atoms with Crippen molar-refractivity contribution in [2.75, 3.05) is 6.61 Å². The number of nitrogens with one attached hydrogen (secondary N) is 1. The van der Waals surface area contributed by atoms with Gasteiger partial charge in [0.15, 0.2) is 4.77 Å². The molecule has 4 rings (SSSR count). The quantitative estimate of drug-likeness (QED) is 0.513. The highest BCUT2D eigenvalue weighted by Gasteiger charge is 2.16. The number of aromatic amines is 1. The Morgan fingerprint density at radius 1 is 1.26 bits per heavy atom. The molecule has 0 saturated carbocycles. The number of hydrogen-bond acceptors (Lipinski definition) is 4. The molecule has 1 aromatic heterocycles. The van der Waals surface area contributed by atoms with Crippen LogP contribution in [0, 0.1) is 4.77 Å². The summed E-state index contributed by atoms with van der Waals surface area (Å²) in [6.07, 6.45) is 3.62. The van der Waals surface area contributed by atoms with Gasteiger partial charge in [-0.15, -0.1) is 0 Å². The van der Waals surface area contributed by atoms with Crippen LogP contribution >= 0.6 is 28.1 Å². The van der Waals surface area contributed by atoms with Crippen LogP contribution in [0.5, 0.6) is 11.6 Å². The molecule has 2 aromatic carbocycles. The highest BCUT2D eigenvalue weighted by atomic mass is 79.9. The number of halogens is 1.